The molecule has 3 nitrogen and oxygen atoms in total. The molecule has 0 N–H and O–H groups in total. The Kier molecular flexibility index (Phi) is 1.40. The first-order chi connectivity index (χ1) is 4.58. The lowest BCUT2D eigenvalue weighted by molar-refractivity contribution is -0.138. The van der Waals surface area contributed by atoms with E-state index >= 15 is 0 Å². The number of carbonyl (C=O) groups excluding carboxylic acids is 1. The minimum Gasteiger partial charge on any atom is -0.325 e. The number of amides is 1. The van der Waals surface area contributed by atoms with Crippen LogP contribution in [0.3, 0.4) is 0 Å². The number of carbonyl (C=O) groups is 1. The molecular formula is C7H10N2O. The Morgan fingerprint density at radius 2 is 2.30 bits per heavy atom. The summed E-state index contributed by atoms with van der Waals surface area (Å²) in [7, 11) is 0. The highest BCUT2D eigenvalue weighted by Gasteiger charge is 2.38. The molecule has 0 saturated carbocycles. The first-order valence-corrected chi connectivity index (χ1v) is 3.29. The van der Waals surface area contributed by atoms with Gasteiger partial charge in [-0.25, -0.2) is 0 Å². The Balaban J connectivity index is 2.62. The van der Waals surface area contributed by atoms with Gasteiger partial charge in [-0.2, -0.15) is 5.26 Å². The molecule has 0 atom stereocenters. The predicted molar refractivity (Wildman–Crippen MR) is 36.0 cm³/mol. The van der Waals surface area contributed by atoms with E-state index in [1.807, 2.05) is 13.8 Å². The zero-order chi connectivity index (χ0) is 7.78. The van der Waals surface area contributed by atoms with Crippen molar-refractivity contribution in [3.63, 3.8) is 0 Å². The quantitative estimate of drug-likeness (QED) is 0.458. The lowest BCUT2D eigenvalue weighted by Gasteiger charge is -2.46. The second-order valence-electron chi connectivity index (χ2n) is 3.13. The van der Waals surface area contributed by atoms with Gasteiger partial charge in [0, 0.05) is 12.1 Å². The van der Waals surface area contributed by atoms with Gasteiger partial charge in [0.25, 0.3) is 0 Å². The van der Waals surface area contributed by atoms with E-state index in [9.17, 15) is 4.79 Å². The van der Waals surface area contributed by atoms with Gasteiger partial charge in [-0.1, -0.05) is 0 Å². The summed E-state index contributed by atoms with van der Waals surface area (Å²) in [6.07, 6.45) is 1.00. The second-order valence-corrected chi connectivity index (χ2v) is 3.13. The van der Waals surface area contributed by atoms with Crippen molar-refractivity contribution in [2.75, 3.05) is 6.54 Å². The van der Waals surface area contributed by atoms with Crippen molar-refractivity contribution in [3.8, 4) is 6.07 Å². The molecule has 0 unspecified atom stereocenters. The molecule has 1 heterocycles. The van der Waals surface area contributed by atoms with E-state index in [-0.39, 0.29) is 5.54 Å². The predicted octanol–water partition coefficient (Wildman–Crippen LogP) is 0.521. The van der Waals surface area contributed by atoms with Crippen LogP contribution >= 0.6 is 0 Å². The summed E-state index contributed by atoms with van der Waals surface area (Å²) in [5.41, 5.74) is -0.0766. The molecule has 0 aromatic rings. The van der Waals surface area contributed by atoms with Crippen molar-refractivity contribution in [1.82, 2.24) is 4.90 Å². The van der Waals surface area contributed by atoms with Gasteiger partial charge in [0.1, 0.15) is 0 Å². The molecule has 1 aliphatic heterocycles. The lowest BCUT2D eigenvalue weighted by atomic mass is 9.89. The Morgan fingerprint density at radius 3 is 2.40 bits per heavy atom. The lowest BCUT2D eigenvalue weighted by Crippen LogP contribution is -2.58. The fourth-order valence-corrected chi connectivity index (χ4v) is 1.11. The van der Waals surface area contributed by atoms with E-state index in [0.29, 0.717) is 0 Å². The SMILES string of the molecule is CC1(C)CCN1C(=O)C#N. The minimum absolute atomic E-state index is 0.0766. The van der Waals surface area contributed by atoms with E-state index < -0.39 is 5.91 Å². The Labute approximate surface area is 60.2 Å². The number of likely N-dealkylation sites (tertiary alicyclic amines) is 1. The second kappa shape index (κ2) is 1.98. The van der Waals surface area contributed by atoms with Crippen molar-refractivity contribution < 1.29 is 4.79 Å². The molecule has 3 heteroatoms. The average molecular weight is 138 g/mol. The zero-order valence-electron chi connectivity index (χ0n) is 6.22. The van der Waals surface area contributed by atoms with Gasteiger partial charge in [0.05, 0.1) is 0 Å². The molecule has 1 rings (SSSR count). The summed E-state index contributed by atoms with van der Waals surface area (Å²) in [5, 5.41) is 8.26. The molecule has 1 fully saturated rings. The summed E-state index contributed by atoms with van der Waals surface area (Å²) in [5.74, 6) is -0.406. The molecule has 0 aliphatic carbocycles. The van der Waals surface area contributed by atoms with Gasteiger partial charge in [-0.3, -0.25) is 4.79 Å². The maximum atomic E-state index is 10.8. The van der Waals surface area contributed by atoms with Gasteiger partial charge >= 0.3 is 5.91 Å². The topological polar surface area (TPSA) is 44.1 Å². The summed E-state index contributed by atoms with van der Waals surface area (Å²) >= 11 is 0. The van der Waals surface area contributed by atoms with Crippen LogP contribution in [0.15, 0.2) is 0 Å². The number of hydrogen-bond donors (Lipinski definition) is 0. The zero-order valence-corrected chi connectivity index (χ0v) is 6.22. The Morgan fingerprint density at radius 1 is 1.70 bits per heavy atom. The average Bonchev–Trinajstić information content (AvgIpc) is 1.86. The normalized spacial score (nSPS) is 21.1. The third-order valence-corrected chi connectivity index (χ3v) is 2.02. The number of rotatable bonds is 0. The fraction of sp³-hybridized carbons (Fsp3) is 0.714. The summed E-state index contributed by atoms with van der Waals surface area (Å²) in [4.78, 5) is 12.4. The van der Waals surface area contributed by atoms with Gasteiger partial charge in [-0.15, -0.1) is 0 Å². The van der Waals surface area contributed by atoms with Crippen LogP contribution < -0.4 is 0 Å². The number of nitrogens with zero attached hydrogens (tertiary/aromatic N) is 2. The third kappa shape index (κ3) is 0.860. The van der Waals surface area contributed by atoms with Crippen molar-refractivity contribution >= 4 is 5.91 Å². The molecule has 1 saturated heterocycles. The van der Waals surface area contributed by atoms with Crippen molar-refractivity contribution in [1.29, 1.82) is 5.26 Å². The monoisotopic (exact) mass is 138 g/mol. The molecule has 1 amide bonds. The largest absolute Gasteiger partial charge is 0.325 e. The maximum absolute atomic E-state index is 10.8. The van der Waals surface area contributed by atoms with E-state index in [0.717, 1.165) is 13.0 Å². The van der Waals surface area contributed by atoms with E-state index in [2.05, 4.69) is 0 Å². The fourth-order valence-electron chi connectivity index (χ4n) is 1.11. The number of hydrogen-bond acceptors (Lipinski definition) is 2. The Bertz CT molecular complexity index is 202. The number of nitriles is 1. The van der Waals surface area contributed by atoms with Gasteiger partial charge in [-0.05, 0) is 20.3 Å². The smallest absolute Gasteiger partial charge is 0.325 e. The molecule has 10 heavy (non-hydrogen) atoms. The molecule has 0 bridgehead atoms. The van der Waals surface area contributed by atoms with E-state index in [1.165, 1.54) is 0 Å². The van der Waals surface area contributed by atoms with Gasteiger partial charge < -0.3 is 4.90 Å². The third-order valence-electron chi connectivity index (χ3n) is 2.02. The van der Waals surface area contributed by atoms with Crippen molar-refractivity contribution in [3.05, 3.63) is 0 Å². The standard InChI is InChI=1S/C7H10N2O/c1-7(2)3-4-9(7)6(10)5-8/h3-4H2,1-2H3. The molecule has 0 aromatic carbocycles. The minimum atomic E-state index is -0.406. The molecule has 0 spiro atoms. The Hall–Kier alpha value is -1.04. The first kappa shape index (κ1) is 7.07. The molecule has 54 valence electrons. The van der Waals surface area contributed by atoms with Crippen LogP contribution in [0, 0.1) is 11.3 Å². The summed E-state index contributed by atoms with van der Waals surface area (Å²) in [6, 6.07) is 1.61. The van der Waals surface area contributed by atoms with Gasteiger partial charge in [0.2, 0.25) is 0 Å². The summed E-state index contributed by atoms with van der Waals surface area (Å²) < 4.78 is 0. The van der Waals surface area contributed by atoms with E-state index in [1.54, 1.807) is 11.0 Å². The van der Waals surface area contributed by atoms with Crippen molar-refractivity contribution in [2.24, 2.45) is 0 Å². The van der Waals surface area contributed by atoms with Crippen LogP contribution in [-0.2, 0) is 4.79 Å². The van der Waals surface area contributed by atoms with Crippen LogP contribution in [0.4, 0.5) is 0 Å². The van der Waals surface area contributed by atoms with Crippen LogP contribution in [0.1, 0.15) is 20.3 Å². The molecular weight excluding hydrogens is 128 g/mol. The van der Waals surface area contributed by atoms with Crippen LogP contribution in [0.2, 0.25) is 0 Å². The highest BCUT2D eigenvalue weighted by molar-refractivity contribution is 5.92. The van der Waals surface area contributed by atoms with Crippen molar-refractivity contribution in [2.45, 2.75) is 25.8 Å². The maximum Gasteiger partial charge on any atom is 0.325 e. The molecule has 1 aliphatic rings. The van der Waals surface area contributed by atoms with E-state index in [4.69, 9.17) is 5.26 Å². The van der Waals surface area contributed by atoms with Gasteiger partial charge in [0.15, 0.2) is 6.07 Å². The van der Waals surface area contributed by atoms with Crippen LogP contribution in [-0.4, -0.2) is 22.9 Å². The first-order valence-electron chi connectivity index (χ1n) is 3.29. The summed E-state index contributed by atoms with van der Waals surface area (Å²) in [6.45, 7) is 4.66. The molecule has 0 radical (unpaired) electrons. The van der Waals surface area contributed by atoms with Crippen LogP contribution in [0.5, 0.6) is 0 Å². The van der Waals surface area contributed by atoms with Crippen LogP contribution in [0.25, 0.3) is 0 Å². The highest BCUT2D eigenvalue weighted by atomic mass is 16.2. The highest BCUT2D eigenvalue weighted by Crippen LogP contribution is 2.28. The molecule has 0 aromatic heterocycles.